The highest BCUT2D eigenvalue weighted by molar-refractivity contribution is 5.93. The number of hydrogen-bond acceptors (Lipinski definition) is 4. The van der Waals surface area contributed by atoms with E-state index in [4.69, 9.17) is 0 Å². The molecule has 10 heteroatoms. The third kappa shape index (κ3) is 3.76. The zero-order valence-electron chi connectivity index (χ0n) is 15.2. The number of aryl methyl sites for hydroxylation is 1. The molecular formula is C18H21F3N6O. The van der Waals surface area contributed by atoms with E-state index in [1.807, 2.05) is 9.47 Å². The van der Waals surface area contributed by atoms with Crippen molar-refractivity contribution >= 4 is 17.4 Å². The molecule has 2 aromatic rings. The molecule has 150 valence electrons. The number of amides is 2. The molecule has 2 N–H and O–H groups in total. The van der Waals surface area contributed by atoms with Crippen molar-refractivity contribution in [3.8, 4) is 0 Å². The van der Waals surface area contributed by atoms with Crippen LogP contribution in [0.25, 0.3) is 0 Å². The summed E-state index contributed by atoms with van der Waals surface area (Å²) in [5.74, 6) is 1.54. The predicted octanol–water partition coefficient (Wildman–Crippen LogP) is 3.17. The van der Waals surface area contributed by atoms with Gasteiger partial charge in [0.15, 0.2) is 5.82 Å². The molecule has 0 spiro atoms. The first kappa shape index (κ1) is 18.6. The summed E-state index contributed by atoms with van der Waals surface area (Å²) in [7, 11) is 0. The molecule has 0 atom stereocenters. The molecular weight excluding hydrogens is 373 g/mol. The Hall–Kier alpha value is -2.78. The molecule has 0 radical (unpaired) electrons. The molecule has 1 aromatic heterocycles. The van der Waals surface area contributed by atoms with Gasteiger partial charge in [-0.25, -0.2) is 4.79 Å². The van der Waals surface area contributed by atoms with Gasteiger partial charge in [0.05, 0.1) is 23.5 Å². The first-order chi connectivity index (χ1) is 13.4. The largest absolute Gasteiger partial charge is 0.416 e. The lowest BCUT2D eigenvalue weighted by atomic mass is 10.1. The topological polar surface area (TPSA) is 75.1 Å². The van der Waals surface area contributed by atoms with Crippen LogP contribution in [0.3, 0.4) is 0 Å². The Kier molecular flexibility index (Phi) is 4.86. The zero-order valence-corrected chi connectivity index (χ0v) is 15.2. The van der Waals surface area contributed by atoms with Crippen LogP contribution in [-0.4, -0.2) is 33.9 Å². The number of fused-ring (bicyclic) bond motifs is 1. The fraction of sp³-hybridized carbons (Fsp3) is 0.500. The highest BCUT2D eigenvalue weighted by Crippen LogP contribution is 2.36. The fourth-order valence-electron chi connectivity index (χ4n) is 3.71. The number of hydrogen-bond donors (Lipinski definition) is 2. The lowest BCUT2D eigenvalue weighted by Crippen LogP contribution is -2.30. The molecule has 28 heavy (non-hydrogen) atoms. The zero-order chi connectivity index (χ0) is 19.7. The molecule has 7 nitrogen and oxygen atoms in total. The minimum atomic E-state index is -4.47. The standard InChI is InChI=1S/C18H21F3N6O/c19-18(20,21)12-5-6-14(26-7-1-2-8-26)13(10-12)23-17(28)22-11-16-25-24-15-4-3-9-27(15)16/h5-6,10H,1-4,7-9,11H2,(H2,22,23,28). The van der Waals surface area contributed by atoms with Crippen molar-refractivity contribution < 1.29 is 18.0 Å². The van der Waals surface area contributed by atoms with E-state index in [9.17, 15) is 18.0 Å². The second-order valence-corrected chi connectivity index (χ2v) is 7.02. The number of nitrogens with one attached hydrogen (secondary N) is 2. The molecule has 3 heterocycles. The number of halogens is 3. The number of anilines is 2. The number of aromatic nitrogens is 3. The van der Waals surface area contributed by atoms with Gasteiger partial charge in [-0.1, -0.05) is 0 Å². The lowest BCUT2D eigenvalue weighted by molar-refractivity contribution is -0.137. The number of alkyl halides is 3. The number of urea groups is 1. The van der Waals surface area contributed by atoms with Crippen molar-refractivity contribution in [1.29, 1.82) is 0 Å². The SMILES string of the molecule is O=C(NCc1nnc2n1CCC2)Nc1cc(C(F)(F)F)ccc1N1CCCC1. The fourth-order valence-corrected chi connectivity index (χ4v) is 3.71. The normalized spacial score (nSPS) is 16.3. The molecule has 0 bridgehead atoms. The summed E-state index contributed by atoms with van der Waals surface area (Å²) < 4.78 is 41.3. The van der Waals surface area contributed by atoms with Crippen LogP contribution in [0.4, 0.5) is 29.3 Å². The van der Waals surface area contributed by atoms with E-state index in [0.29, 0.717) is 11.5 Å². The van der Waals surface area contributed by atoms with Crippen molar-refractivity contribution in [2.24, 2.45) is 0 Å². The van der Waals surface area contributed by atoms with Crippen LogP contribution >= 0.6 is 0 Å². The van der Waals surface area contributed by atoms with Crippen LogP contribution in [0, 0.1) is 0 Å². The highest BCUT2D eigenvalue weighted by Gasteiger charge is 2.32. The molecule has 2 aliphatic heterocycles. The quantitative estimate of drug-likeness (QED) is 0.835. The van der Waals surface area contributed by atoms with Crippen molar-refractivity contribution in [3.05, 3.63) is 35.4 Å². The van der Waals surface area contributed by atoms with Crippen LogP contribution in [0.15, 0.2) is 18.2 Å². The molecule has 0 saturated carbocycles. The van der Waals surface area contributed by atoms with Gasteiger partial charge in [-0.15, -0.1) is 10.2 Å². The number of carbonyl (C=O) groups is 1. The molecule has 0 aliphatic carbocycles. The van der Waals surface area contributed by atoms with Gasteiger partial charge in [0.1, 0.15) is 5.82 Å². The first-order valence-electron chi connectivity index (χ1n) is 9.34. The Bertz CT molecular complexity index is 873. The van der Waals surface area contributed by atoms with Crippen molar-refractivity contribution in [3.63, 3.8) is 0 Å². The van der Waals surface area contributed by atoms with E-state index < -0.39 is 17.8 Å². The molecule has 1 saturated heterocycles. The van der Waals surface area contributed by atoms with Crippen LogP contribution in [0.1, 0.15) is 36.5 Å². The highest BCUT2D eigenvalue weighted by atomic mass is 19.4. The van der Waals surface area contributed by atoms with E-state index in [2.05, 4.69) is 20.8 Å². The number of nitrogens with zero attached hydrogens (tertiary/aromatic N) is 4. The first-order valence-corrected chi connectivity index (χ1v) is 9.34. The van der Waals surface area contributed by atoms with Crippen molar-refractivity contribution in [2.45, 2.75) is 44.9 Å². The Balaban J connectivity index is 1.49. The van der Waals surface area contributed by atoms with E-state index >= 15 is 0 Å². The summed E-state index contributed by atoms with van der Waals surface area (Å²) in [6, 6.07) is 2.89. The summed E-state index contributed by atoms with van der Waals surface area (Å²) in [6.07, 6.45) is -0.663. The number of rotatable bonds is 4. The summed E-state index contributed by atoms with van der Waals surface area (Å²) in [5, 5.41) is 13.4. The van der Waals surface area contributed by atoms with E-state index in [-0.39, 0.29) is 12.2 Å². The Labute approximate surface area is 159 Å². The number of carbonyl (C=O) groups excluding carboxylic acids is 1. The summed E-state index contributed by atoms with van der Waals surface area (Å²) in [6.45, 7) is 2.49. The maximum atomic E-state index is 13.1. The summed E-state index contributed by atoms with van der Waals surface area (Å²) in [4.78, 5) is 14.3. The predicted molar refractivity (Wildman–Crippen MR) is 97.1 cm³/mol. The van der Waals surface area contributed by atoms with Gasteiger partial charge in [-0.2, -0.15) is 13.2 Å². The van der Waals surface area contributed by atoms with Crippen molar-refractivity contribution in [1.82, 2.24) is 20.1 Å². The Morgan fingerprint density at radius 2 is 1.89 bits per heavy atom. The van der Waals surface area contributed by atoms with Gasteiger partial charge in [-0.3, -0.25) is 0 Å². The smallest absolute Gasteiger partial charge is 0.370 e. The minimum Gasteiger partial charge on any atom is -0.370 e. The second kappa shape index (κ2) is 7.33. The molecule has 1 aromatic carbocycles. The van der Waals surface area contributed by atoms with Gasteiger partial charge in [-0.05, 0) is 37.5 Å². The van der Waals surface area contributed by atoms with E-state index in [0.717, 1.165) is 63.3 Å². The molecule has 2 amide bonds. The van der Waals surface area contributed by atoms with Gasteiger partial charge in [0.25, 0.3) is 0 Å². The molecule has 0 unspecified atom stereocenters. The van der Waals surface area contributed by atoms with E-state index in [1.165, 1.54) is 6.07 Å². The third-order valence-electron chi connectivity index (χ3n) is 5.11. The van der Waals surface area contributed by atoms with Crippen LogP contribution in [0.5, 0.6) is 0 Å². The maximum Gasteiger partial charge on any atom is 0.416 e. The maximum absolute atomic E-state index is 13.1. The lowest BCUT2D eigenvalue weighted by Gasteiger charge is -2.23. The average molecular weight is 394 g/mol. The van der Waals surface area contributed by atoms with Gasteiger partial charge >= 0.3 is 12.2 Å². The molecule has 2 aliphatic rings. The third-order valence-corrected chi connectivity index (χ3v) is 5.11. The van der Waals surface area contributed by atoms with Gasteiger partial charge in [0.2, 0.25) is 0 Å². The Morgan fingerprint density at radius 1 is 1.11 bits per heavy atom. The summed E-state index contributed by atoms with van der Waals surface area (Å²) >= 11 is 0. The van der Waals surface area contributed by atoms with Crippen LogP contribution < -0.4 is 15.5 Å². The van der Waals surface area contributed by atoms with E-state index in [1.54, 1.807) is 0 Å². The number of benzene rings is 1. The summed E-state index contributed by atoms with van der Waals surface area (Å²) in [5.41, 5.74) is -0.0364. The van der Waals surface area contributed by atoms with Crippen LogP contribution in [-0.2, 0) is 25.7 Å². The average Bonchev–Trinajstić information content (AvgIpc) is 3.38. The van der Waals surface area contributed by atoms with Crippen LogP contribution in [0.2, 0.25) is 0 Å². The van der Waals surface area contributed by atoms with Crippen molar-refractivity contribution in [2.75, 3.05) is 23.3 Å². The molecule has 4 rings (SSSR count). The monoisotopic (exact) mass is 394 g/mol. The second-order valence-electron chi connectivity index (χ2n) is 7.02. The van der Waals surface area contributed by atoms with Gasteiger partial charge in [0, 0.05) is 26.1 Å². The molecule has 1 fully saturated rings. The van der Waals surface area contributed by atoms with Gasteiger partial charge < -0.3 is 20.1 Å². The minimum absolute atomic E-state index is 0.153. The Morgan fingerprint density at radius 3 is 2.64 bits per heavy atom.